The highest BCUT2D eigenvalue weighted by Crippen LogP contribution is 2.25. The minimum absolute atomic E-state index is 0.135. The van der Waals surface area contributed by atoms with Gasteiger partial charge in [0, 0.05) is 56.2 Å². The van der Waals surface area contributed by atoms with Crippen molar-refractivity contribution in [1.82, 2.24) is 19.5 Å². The van der Waals surface area contributed by atoms with E-state index in [0.717, 1.165) is 32.4 Å². The number of ether oxygens (including phenoxy) is 1. The number of nitrogens with one attached hydrogen (secondary N) is 2. The van der Waals surface area contributed by atoms with Gasteiger partial charge in [0.15, 0.2) is 0 Å². The number of nitrogens with zero attached hydrogens (tertiary/aromatic N) is 2. The van der Waals surface area contributed by atoms with E-state index in [-0.39, 0.29) is 10.5 Å². The molecule has 10 heteroatoms. The molecule has 0 radical (unpaired) electrons. The van der Waals surface area contributed by atoms with E-state index < -0.39 is 21.5 Å². The number of pyridine rings is 1. The summed E-state index contributed by atoms with van der Waals surface area (Å²) in [5.74, 6) is -0.392. The highest BCUT2D eigenvalue weighted by atomic mass is 32.2. The normalized spacial score (nSPS) is 18.8. The van der Waals surface area contributed by atoms with E-state index in [0.29, 0.717) is 50.3 Å². The summed E-state index contributed by atoms with van der Waals surface area (Å²) in [6.07, 6.45) is 2.72. The van der Waals surface area contributed by atoms with E-state index in [1.165, 1.54) is 22.5 Å². The third kappa shape index (κ3) is 4.98. The Kier molecular flexibility index (Phi) is 6.71. The van der Waals surface area contributed by atoms with Crippen LogP contribution in [0.15, 0.2) is 34.0 Å². The Balaban J connectivity index is 1.58. The topological polar surface area (TPSA) is 112 Å². The largest absolute Gasteiger partial charge is 0.379 e. The minimum atomic E-state index is -3.65. The Morgan fingerprint density at radius 3 is 2.55 bits per heavy atom. The van der Waals surface area contributed by atoms with Crippen molar-refractivity contribution in [2.24, 2.45) is 0 Å². The van der Waals surface area contributed by atoms with E-state index >= 15 is 0 Å². The summed E-state index contributed by atoms with van der Waals surface area (Å²) < 4.78 is 32.9. The molecule has 0 atom stereocenters. The molecule has 4 rings (SSSR count). The highest BCUT2D eigenvalue weighted by molar-refractivity contribution is 7.89. The summed E-state index contributed by atoms with van der Waals surface area (Å²) in [6.45, 7) is 5.12. The minimum Gasteiger partial charge on any atom is -0.379 e. The van der Waals surface area contributed by atoms with Gasteiger partial charge in [0.05, 0.1) is 23.7 Å². The first kappa shape index (κ1) is 21.9. The quantitative estimate of drug-likeness (QED) is 0.675. The number of sulfonamides is 1. The first-order valence-corrected chi connectivity index (χ1v) is 12.1. The summed E-state index contributed by atoms with van der Waals surface area (Å²) >= 11 is 0. The van der Waals surface area contributed by atoms with Gasteiger partial charge in [-0.15, -0.1) is 0 Å². The van der Waals surface area contributed by atoms with Crippen LogP contribution in [-0.2, 0) is 14.8 Å². The lowest BCUT2D eigenvalue weighted by Gasteiger charge is -2.26. The molecule has 168 valence electrons. The van der Waals surface area contributed by atoms with Crippen molar-refractivity contribution in [3.05, 3.63) is 40.2 Å². The number of fused-ring (bicyclic) bond motifs is 1. The molecule has 0 spiro atoms. The fraction of sp³-hybridized carbons (Fsp3) is 0.524. The van der Waals surface area contributed by atoms with Crippen LogP contribution in [0.4, 0.5) is 0 Å². The zero-order chi connectivity index (χ0) is 21.8. The number of hydrogen-bond acceptors (Lipinski definition) is 6. The number of morpholine rings is 1. The molecular weight excluding hydrogens is 420 g/mol. The van der Waals surface area contributed by atoms with Crippen LogP contribution in [0.25, 0.3) is 10.9 Å². The number of carbonyl (C=O) groups excluding carboxylic acids is 1. The Labute approximate surface area is 181 Å². The summed E-state index contributed by atoms with van der Waals surface area (Å²) in [4.78, 5) is 29.9. The van der Waals surface area contributed by atoms with E-state index in [2.05, 4.69) is 15.2 Å². The lowest BCUT2D eigenvalue weighted by atomic mass is 10.1. The van der Waals surface area contributed by atoms with Crippen LogP contribution >= 0.6 is 0 Å². The Bertz CT molecular complexity index is 1100. The number of amides is 1. The van der Waals surface area contributed by atoms with Crippen molar-refractivity contribution in [1.29, 1.82) is 0 Å². The lowest BCUT2D eigenvalue weighted by Crippen LogP contribution is -2.41. The monoisotopic (exact) mass is 448 g/mol. The molecule has 0 aliphatic carbocycles. The molecule has 0 bridgehead atoms. The molecule has 2 saturated heterocycles. The standard InChI is InChI=1S/C21H28N4O5S/c26-20-15-18(21(27)22-6-9-24-10-12-30-13-11-24)17-14-16(4-5-19(17)23-20)31(28,29)25-7-2-1-3-8-25/h4-5,14-15H,1-3,6-13H2,(H,22,27)(H,23,26). The number of rotatable bonds is 6. The third-order valence-corrected chi connectivity index (χ3v) is 7.72. The lowest BCUT2D eigenvalue weighted by molar-refractivity contribution is 0.0383. The van der Waals surface area contributed by atoms with Crippen molar-refractivity contribution >= 4 is 26.8 Å². The Hall–Kier alpha value is -2.27. The summed E-state index contributed by atoms with van der Waals surface area (Å²) in [5, 5.41) is 3.27. The van der Waals surface area contributed by atoms with Crippen LogP contribution in [-0.4, -0.2) is 81.0 Å². The second-order valence-corrected chi connectivity index (χ2v) is 9.87. The number of carbonyl (C=O) groups is 1. The Morgan fingerprint density at radius 1 is 1.06 bits per heavy atom. The molecule has 2 N–H and O–H groups in total. The van der Waals surface area contributed by atoms with Crippen molar-refractivity contribution in [2.75, 3.05) is 52.5 Å². The van der Waals surface area contributed by atoms with Gasteiger partial charge in [-0.2, -0.15) is 4.31 Å². The van der Waals surface area contributed by atoms with Crippen LogP contribution in [0.3, 0.4) is 0 Å². The van der Waals surface area contributed by atoms with Crippen molar-refractivity contribution in [3.63, 3.8) is 0 Å². The molecule has 1 aromatic carbocycles. The van der Waals surface area contributed by atoms with E-state index in [1.807, 2.05) is 0 Å². The van der Waals surface area contributed by atoms with Gasteiger partial charge in [-0.25, -0.2) is 8.42 Å². The van der Waals surface area contributed by atoms with E-state index in [1.54, 1.807) is 6.07 Å². The SMILES string of the molecule is O=C(NCCN1CCOCC1)c1cc(=O)[nH]c2ccc(S(=O)(=O)N3CCCCC3)cc12. The predicted octanol–water partition coefficient (Wildman–Crippen LogP) is 0.765. The second kappa shape index (κ2) is 9.47. The van der Waals surface area contributed by atoms with Crippen molar-refractivity contribution in [2.45, 2.75) is 24.2 Å². The Morgan fingerprint density at radius 2 is 1.81 bits per heavy atom. The molecular formula is C21H28N4O5S. The molecule has 31 heavy (non-hydrogen) atoms. The first-order chi connectivity index (χ1) is 14.9. The van der Waals surface area contributed by atoms with Crippen LogP contribution in [0.1, 0.15) is 29.6 Å². The van der Waals surface area contributed by atoms with Gasteiger partial charge in [-0.1, -0.05) is 6.42 Å². The van der Waals surface area contributed by atoms with E-state index in [4.69, 9.17) is 4.74 Å². The average molecular weight is 449 g/mol. The second-order valence-electron chi connectivity index (χ2n) is 7.93. The predicted molar refractivity (Wildman–Crippen MR) is 117 cm³/mol. The maximum absolute atomic E-state index is 13.1. The number of benzene rings is 1. The molecule has 2 fully saturated rings. The van der Waals surface area contributed by atoms with Crippen LogP contribution < -0.4 is 10.9 Å². The van der Waals surface area contributed by atoms with Crippen molar-refractivity contribution < 1.29 is 17.9 Å². The summed E-state index contributed by atoms with van der Waals surface area (Å²) in [6, 6.07) is 5.76. The molecule has 2 aliphatic rings. The highest BCUT2D eigenvalue weighted by Gasteiger charge is 2.26. The zero-order valence-corrected chi connectivity index (χ0v) is 18.2. The molecule has 9 nitrogen and oxygen atoms in total. The molecule has 3 heterocycles. The molecule has 2 aliphatic heterocycles. The van der Waals surface area contributed by atoms with Gasteiger partial charge in [-0.05, 0) is 31.0 Å². The molecule has 0 saturated carbocycles. The third-order valence-electron chi connectivity index (χ3n) is 5.83. The smallest absolute Gasteiger partial charge is 0.252 e. The van der Waals surface area contributed by atoms with Gasteiger partial charge in [-0.3, -0.25) is 14.5 Å². The number of H-pyrrole nitrogens is 1. The number of aromatic amines is 1. The molecule has 1 aromatic heterocycles. The number of piperidine rings is 1. The van der Waals surface area contributed by atoms with Gasteiger partial charge >= 0.3 is 0 Å². The fourth-order valence-electron chi connectivity index (χ4n) is 4.08. The van der Waals surface area contributed by atoms with Gasteiger partial charge in [0.1, 0.15) is 0 Å². The summed E-state index contributed by atoms with van der Waals surface area (Å²) in [7, 11) is -3.65. The fourth-order valence-corrected chi connectivity index (χ4v) is 5.63. The van der Waals surface area contributed by atoms with Crippen LogP contribution in [0, 0.1) is 0 Å². The maximum atomic E-state index is 13.1. The molecule has 2 aromatic rings. The number of hydrogen-bond donors (Lipinski definition) is 2. The molecule has 0 unspecified atom stereocenters. The summed E-state index contributed by atoms with van der Waals surface area (Å²) in [5.41, 5.74) is 0.206. The average Bonchev–Trinajstić information content (AvgIpc) is 2.79. The van der Waals surface area contributed by atoms with Crippen LogP contribution in [0.5, 0.6) is 0 Å². The van der Waals surface area contributed by atoms with Gasteiger partial charge < -0.3 is 15.0 Å². The van der Waals surface area contributed by atoms with Gasteiger partial charge in [0.2, 0.25) is 15.6 Å². The number of aromatic nitrogens is 1. The molecule has 1 amide bonds. The first-order valence-electron chi connectivity index (χ1n) is 10.7. The van der Waals surface area contributed by atoms with E-state index in [9.17, 15) is 18.0 Å². The van der Waals surface area contributed by atoms with Gasteiger partial charge in [0.25, 0.3) is 5.91 Å². The maximum Gasteiger partial charge on any atom is 0.252 e. The zero-order valence-electron chi connectivity index (χ0n) is 17.4. The van der Waals surface area contributed by atoms with Crippen LogP contribution in [0.2, 0.25) is 0 Å². The van der Waals surface area contributed by atoms with Crippen molar-refractivity contribution in [3.8, 4) is 0 Å².